The monoisotopic (exact) mass is 436 g/mol. The molecule has 0 unspecified atom stereocenters. The van der Waals surface area contributed by atoms with Crippen LogP contribution in [-0.4, -0.2) is 15.5 Å². The first kappa shape index (κ1) is 19.7. The van der Waals surface area contributed by atoms with Gasteiger partial charge in [-0.2, -0.15) is 0 Å². The van der Waals surface area contributed by atoms with Crippen LogP contribution in [0.5, 0.6) is 5.75 Å². The van der Waals surface area contributed by atoms with Crippen LogP contribution in [0.4, 0.5) is 0 Å². The fraction of sp³-hybridized carbons (Fsp3) is 0.304. The molecule has 1 aromatic carbocycles. The van der Waals surface area contributed by atoms with Gasteiger partial charge in [-0.15, -0.1) is 11.3 Å². The van der Waals surface area contributed by atoms with Crippen LogP contribution in [0.15, 0.2) is 44.6 Å². The molecule has 8 heteroatoms. The third-order valence-electron chi connectivity index (χ3n) is 5.65. The smallest absolute Gasteiger partial charge is 0.336 e. The summed E-state index contributed by atoms with van der Waals surface area (Å²) < 4.78 is 12.1. The Hall–Kier alpha value is -3.26. The summed E-state index contributed by atoms with van der Waals surface area (Å²) in [5.41, 5.74) is 1.74. The molecule has 31 heavy (non-hydrogen) atoms. The minimum absolute atomic E-state index is 0.0230. The van der Waals surface area contributed by atoms with Crippen LogP contribution >= 0.6 is 11.3 Å². The summed E-state index contributed by atoms with van der Waals surface area (Å²) in [5.74, 6) is -0.187. The minimum atomic E-state index is -0.478. The lowest BCUT2D eigenvalue weighted by atomic mass is 9.97. The Balaban J connectivity index is 1.33. The summed E-state index contributed by atoms with van der Waals surface area (Å²) in [7, 11) is 0. The standard InChI is InChI=1S/C23H20N2O5S/c1-13-10-20(27)30-17-11-14(6-7-15(13)17)29-19(26)8-9-25-12-24-22-21(23(25)28)16-4-2-3-5-18(16)31-22/h6-7,10-12H,2-5,8-9H2,1H3. The number of aryl methyl sites for hydroxylation is 4. The van der Waals surface area contributed by atoms with Gasteiger partial charge in [0.15, 0.2) is 0 Å². The van der Waals surface area contributed by atoms with E-state index in [9.17, 15) is 14.4 Å². The average Bonchev–Trinajstić information content (AvgIpc) is 3.12. The first-order chi connectivity index (χ1) is 15.0. The Labute approximate surface area is 180 Å². The Morgan fingerprint density at radius 3 is 2.94 bits per heavy atom. The van der Waals surface area contributed by atoms with Crippen LogP contribution in [0.2, 0.25) is 0 Å². The molecule has 1 aliphatic carbocycles. The van der Waals surface area contributed by atoms with Crippen LogP contribution in [0.25, 0.3) is 21.2 Å². The summed E-state index contributed by atoms with van der Waals surface area (Å²) in [6.45, 7) is 2.01. The van der Waals surface area contributed by atoms with Gasteiger partial charge in [-0.1, -0.05) is 0 Å². The summed E-state index contributed by atoms with van der Waals surface area (Å²) in [6.07, 6.45) is 5.69. The molecule has 0 spiro atoms. The highest BCUT2D eigenvalue weighted by atomic mass is 32.1. The van der Waals surface area contributed by atoms with Gasteiger partial charge in [-0.05, 0) is 55.9 Å². The number of thiophene rings is 1. The number of carbonyl (C=O) groups is 1. The second kappa shape index (κ2) is 7.77. The van der Waals surface area contributed by atoms with E-state index in [1.807, 2.05) is 6.92 Å². The molecule has 158 valence electrons. The summed E-state index contributed by atoms with van der Waals surface area (Å²) in [4.78, 5) is 43.4. The van der Waals surface area contributed by atoms with E-state index in [0.717, 1.165) is 47.0 Å². The second-order valence-electron chi connectivity index (χ2n) is 7.76. The van der Waals surface area contributed by atoms with Crippen LogP contribution in [0, 0.1) is 6.92 Å². The van der Waals surface area contributed by atoms with Crippen molar-refractivity contribution < 1.29 is 13.9 Å². The van der Waals surface area contributed by atoms with Gasteiger partial charge in [0.1, 0.15) is 16.2 Å². The molecule has 1 aliphatic rings. The molecule has 4 aromatic rings. The maximum atomic E-state index is 13.0. The molecule has 3 aromatic heterocycles. The third-order valence-corrected chi connectivity index (χ3v) is 6.85. The number of esters is 1. The maximum absolute atomic E-state index is 13.0. The lowest BCUT2D eigenvalue weighted by Crippen LogP contribution is -2.23. The molecular weight excluding hydrogens is 416 g/mol. The topological polar surface area (TPSA) is 91.4 Å². The maximum Gasteiger partial charge on any atom is 0.336 e. The minimum Gasteiger partial charge on any atom is -0.426 e. The van der Waals surface area contributed by atoms with E-state index >= 15 is 0 Å². The Morgan fingerprint density at radius 2 is 2.06 bits per heavy atom. The number of hydrogen-bond acceptors (Lipinski definition) is 7. The SMILES string of the molecule is Cc1cc(=O)oc2cc(OC(=O)CCn3cnc4sc5c(c4c3=O)CCCC5)ccc12. The van der Waals surface area contributed by atoms with Gasteiger partial charge >= 0.3 is 11.6 Å². The van der Waals surface area contributed by atoms with Crippen molar-refractivity contribution in [1.29, 1.82) is 0 Å². The van der Waals surface area contributed by atoms with Gasteiger partial charge in [0, 0.05) is 28.9 Å². The van der Waals surface area contributed by atoms with E-state index in [0.29, 0.717) is 16.7 Å². The molecule has 0 atom stereocenters. The number of ether oxygens (including phenoxy) is 1. The molecule has 0 saturated carbocycles. The fourth-order valence-corrected chi connectivity index (χ4v) is 5.32. The van der Waals surface area contributed by atoms with E-state index < -0.39 is 11.6 Å². The van der Waals surface area contributed by atoms with Gasteiger partial charge in [0.25, 0.3) is 5.56 Å². The molecule has 0 radical (unpaired) electrons. The highest BCUT2D eigenvalue weighted by Crippen LogP contribution is 2.33. The van der Waals surface area contributed by atoms with Crippen molar-refractivity contribution in [2.24, 2.45) is 0 Å². The molecule has 0 saturated heterocycles. The van der Waals surface area contributed by atoms with E-state index in [1.165, 1.54) is 27.9 Å². The average molecular weight is 436 g/mol. The quantitative estimate of drug-likeness (QED) is 0.275. The van der Waals surface area contributed by atoms with Gasteiger partial charge in [0.2, 0.25) is 0 Å². The second-order valence-corrected chi connectivity index (χ2v) is 8.85. The summed E-state index contributed by atoms with van der Waals surface area (Å²) >= 11 is 1.60. The first-order valence-electron chi connectivity index (χ1n) is 10.2. The number of hydrogen-bond donors (Lipinski definition) is 0. The fourth-order valence-electron chi connectivity index (χ4n) is 4.10. The van der Waals surface area contributed by atoms with E-state index in [-0.39, 0.29) is 18.5 Å². The molecule has 0 amide bonds. The van der Waals surface area contributed by atoms with Crippen LogP contribution in [0.3, 0.4) is 0 Å². The first-order valence-corrected chi connectivity index (χ1v) is 11.1. The Morgan fingerprint density at radius 1 is 1.23 bits per heavy atom. The number of benzene rings is 1. The van der Waals surface area contributed by atoms with Gasteiger partial charge in [-0.25, -0.2) is 9.78 Å². The Bertz CT molecular complexity index is 1450. The zero-order valence-corrected chi connectivity index (χ0v) is 17.8. The molecule has 3 heterocycles. The van der Waals surface area contributed by atoms with Crippen molar-refractivity contribution in [3.63, 3.8) is 0 Å². The van der Waals surface area contributed by atoms with E-state index in [1.54, 1.807) is 23.5 Å². The normalized spacial score (nSPS) is 13.5. The van der Waals surface area contributed by atoms with E-state index in [2.05, 4.69) is 4.98 Å². The molecule has 0 bridgehead atoms. The number of aromatic nitrogens is 2. The number of carbonyl (C=O) groups excluding carboxylic acids is 1. The zero-order chi connectivity index (χ0) is 21.5. The lowest BCUT2D eigenvalue weighted by molar-refractivity contribution is -0.134. The predicted octanol–water partition coefficient (Wildman–Crippen LogP) is 3.75. The van der Waals surface area contributed by atoms with Crippen LogP contribution < -0.4 is 15.9 Å². The number of fused-ring (bicyclic) bond motifs is 4. The van der Waals surface area contributed by atoms with Crippen molar-refractivity contribution in [2.75, 3.05) is 0 Å². The van der Waals surface area contributed by atoms with Crippen LogP contribution in [-0.2, 0) is 24.2 Å². The largest absolute Gasteiger partial charge is 0.426 e. The van der Waals surface area contributed by atoms with Crippen LogP contribution in [0.1, 0.15) is 35.3 Å². The highest BCUT2D eigenvalue weighted by molar-refractivity contribution is 7.18. The third kappa shape index (κ3) is 3.67. The highest BCUT2D eigenvalue weighted by Gasteiger charge is 2.20. The molecular formula is C23H20N2O5S. The van der Waals surface area contributed by atoms with Gasteiger partial charge in [-0.3, -0.25) is 14.2 Å². The lowest BCUT2D eigenvalue weighted by Gasteiger charge is -2.10. The van der Waals surface area contributed by atoms with Crippen molar-refractivity contribution in [3.8, 4) is 5.75 Å². The predicted molar refractivity (Wildman–Crippen MR) is 118 cm³/mol. The van der Waals surface area contributed by atoms with Gasteiger partial charge < -0.3 is 9.15 Å². The van der Waals surface area contributed by atoms with Crippen molar-refractivity contribution >= 4 is 38.5 Å². The van der Waals surface area contributed by atoms with E-state index in [4.69, 9.17) is 9.15 Å². The molecule has 0 aliphatic heterocycles. The molecule has 7 nitrogen and oxygen atoms in total. The number of rotatable bonds is 4. The van der Waals surface area contributed by atoms with Gasteiger partial charge in [0.05, 0.1) is 18.1 Å². The summed E-state index contributed by atoms with van der Waals surface area (Å²) in [6, 6.07) is 6.35. The number of nitrogens with zero attached hydrogens (tertiary/aromatic N) is 2. The van der Waals surface area contributed by atoms with Crippen molar-refractivity contribution in [2.45, 2.75) is 45.6 Å². The zero-order valence-electron chi connectivity index (χ0n) is 17.0. The molecule has 0 N–H and O–H groups in total. The van der Waals surface area contributed by atoms with Crippen molar-refractivity contribution in [1.82, 2.24) is 9.55 Å². The molecule has 5 rings (SSSR count). The van der Waals surface area contributed by atoms with Crippen molar-refractivity contribution in [3.05, 3.63) is 67.4 Å². The molecule has 0 fully saturated rings. The Kier molecular flexibility index (Phi) is 4.94. The summed E-state index contributed by atoms with van der Waals surface area (Å²) in [5, 5.41) is 1.49.